The van der Waals surface area contributed by atoms with Crippen LogP contribution in [-0.4, -0.2) is 30.6 Å². The summed E-state index contributed by atoms with van der Waals surface area (Å²) in [5.41, 5.74) is 6.10. The van der Waals surface area contributed by atoms with Crippen molar-refractivity contribution in [3.63, 3.8) is 0 Å². The van der Waals surface area contributed by atoms with Gasteiger partial charge in [-0.25, -0.2) is 0 Å². The second-order valence-corrected chi connectivity index (χ2v) is 4.53. The summed E-state index contributed by atoms with van der Waals surface area (Å²) in [7, 11) is 2.23. The van der Waals surface area contributed by atoms with Gasteiger partial charge in [-0.1, -0.05) is 12.8 Å². The van der Waals surface area contributed by atoms with Gasteiger partial charge in [0.1, 0.15) is 0 Å². The summed E-state index contributed by atoms with van der Waals surface area (Å²) in [5.74, 6) is 1.02. The Morgan fingerprint density at radius 2 is 2.08 bits per heavy atom. The van der Waals surface area contributed by atoms with E-state index in [1.807, 2.05) is 0 Å². The number of nitrogens with zero attached hydrogens (tertiary/aromatic N) is 1. The fourth-order valence-corrected chi connectivity index (χ4v) is 2.31. The molecule has 1 heterocycles. The Balaban J connectivity index is 1.88. The Morgan fingerprint density at radius 1 is 1.33 bits per heavy atom. The van der Waals surface area contributed by atoms with Gasteiger partial charge in [0, 0.05) is 12.1 Å². The fourth-order valence-electron chi connectivity index (χ4n) is 2.31. The number of likely N-dealkylation sites (N-methyl/N-ethyl adjacent to an activating group) is 1. The molecular formula is C10H20N2. The lowest BCUT2D eigenvalue weighted by Crippen LogP contribution is -2.50. The number of hydrogen-bond donors (Lipinski definition) is 1. The first kappa shape index (κ1) is 8.52. The molecule has 2 N–H and O–H groups in total. The number of nitrogens with two attached hydrogens (primary N) is 1. The summed E-state index contributed by atoms with van der Waals surface area (Å²) in [6, 6.07) is 1.13. The maximum Gasteiger partial charge on any atom is 0.0246 e. The van der Waals surface area contributed by atoms with Crippen LogP contribution >= 0.6 is 0 Å². The van der Waals surface area contributed by atoms with Gasteiger partial charge in [-0.15, -0.1) is 0 Å². The van der Waals surface area contributed by atoms with Crippen LogP contribution in [0.1, 0.15) is 32.1 Å². The van der Waals surface area contributed by atoms with E-state index in [-0.39, 0.29) is 0 Å². The molecule has 0 bridgehead atoms. The quantitative estimate of drug-likeness (QED) is 0.671. The summed E-state index contributed by atoms with van der Waals surface area (Å²) in [6.45, 7) is 1.26. The van der Waals surface area contributed by atoms with Crippen molar-refractivity contribution in [2.45, 2.75) is 44.2 Å². The van der Waals surface area contributed by atoms with E-state index in [2.05, 4.69) is 11.9 Å². The molecule has 2 aliphatic rings. The van der Waals surface area contributed by atoms with Gasteiger partial charge < -0.3 is 10.6 Å². The summed E-state index contributed by atoms with van der Waals surface area (Å²) in [6.07, 6.45) is 6.80. The number of likely N-dealkylation sites (tertiary alicyclic amines) is 1. The minimum atomic E-state index is 0.448. The highest BCUT2D eigenvalue weighted by Crippen LogP contribution is 2.36. The van der Waals surface area contributed by atoms with E-state index in [0.29, 0.717) is 12.1 Å². The molecule has 1 saturated heterocycles. The zero-order valence-corrected chi connectivity index (χ0v) is 8.00. The van der Waals surface area contributed by atoms with Gasteiger partial charge in [0.15, 0.2) is 0 Å². The molecule has 0 aromatic heterocycles. The molecule has 2 atom stereocenters. The van der Waals surface area contributed by atoms with E-state index in [0.717, 1.165) is 5.92 Å². The molecule has 1 saturated carbocycles. The van der Waals surface area contributed by atoms with Gasteiger partial charge in [-0.2, -0.15) is 0 Å². The Kier molecular flexibility index (Phi) is 2.37. The lowest BCUT2D eigenvalue weighted by atomic mass is 9.93. The van der Waals surface area contributed by atoms with Gasteiger partial charge in [0.25, 0.3) is 0 Å². The molecule has 1 aliphatic carbocycles. The molecule has 0 aromatic carbocycles. The third kappa shape index (κ3) is 1.80. The molecule has 2 unspecified atom stereocenters. The van der Waals surface area contributed by atoms with Crippen LogP contribution < -0.4 is 5.73 Å². The van der Waals surface area contributed by atoms with Crippen molar-refractivity contribution < 1.29 is 0 Å². The van der Waals surface area contributed by atoms with Crippen LogP contribution in [0.2, 0.25) is 0 Å². The molecule has 2 rings (SSSR count). The number of rotatable bonds is 2. The molecule has 12 heavy (non-hydrogen) atoms. The lowest BCUT2D eigenvalue weighted by molar-refractivity contribution is 0.147. The monoisotopic (exact) mass is 168 g/mol. The van der Waals surface area contributed by atoms with Crippen molar-refractivity contribution in [2.24, 2.45) is 11.7 Å². The number of hydrogen-bond acceptors (Lipinski definition) is 2. The fraction of sp³-hybridized carbons (Fsp3) is 1.00. The first-order valence-corrected chi connectivity index (χ1v) is 5.23. The first-order valence-electron chi connectivity index (χ1n) is 5.23. The Labute approximate surface area is 75.1 Å². The van der Waals surface area contributed by atoms with Gasteiger partial charge in [-0.3, -0.25) is 0 Å². The first-order chi connectivity index (χ1) is 5.77. The summed E-state index contributed by atoms with van der Waals surface area (Å²) in [5, 5.41) is 0. The maximum absolute atomic E-state index is 6.10. The molecule has 2 nitrogen and oxygen atoms in total. The van der Waals surface area contributed by atoms with Crippen LogP contribution in [0, 0.1) is 5.92 Å². The molecule has 70 valence electrons. The van der Waals surface area contributed by atoms with Gasteiger partial charge in [-0.05, 0) is 38.8 Å². The second kappa shape index (κ2) is 3.35. The molecule has 2 heteroatoms. The van der Waals surface area contributed by atoms with Crippen molar-refractivity contribution in [1.29, 1.82) is 0 Å². The largest absolute Gasteiger partial charge is 0.326 e. The predicted molar refractivity (Wildman–Crippen MR) is 51.0 cm³/mol. The zero-order chi connectivity index (χ0) is 8.55. The SMILES string of the molecule is CN1CCCC(N)C1CC1CC1. The Bertz CT molecular complexity index is 144. The smallest absolute Gasteiger partial charge is 0.0246 e. The Morgan fingerprint density at radius 3 is 2.67 bits per heavy atom. The minimum absolute atomic E-state index is 0.448. The van der Waals surface area contributed by atoms with E-state index in [1.54, 1.807) is 0 Å². The topological polar surface area (TPSA) is 29.3 Å². The van der Waals surface area contributed by atoms with Crippen LogP contribution in [0.4, 0.5) is 0 Å². The highest BCUT2D eigenvalue weighted by atomic mass is 15.2. The third-order valence-corrected chi connectivity index (χ3v) is 3.38. The van der Waals surface area contributed by atoms with Crippen molar-refractivity contribution in [2.75, 3.05) is 13.6 Å². The van der Waals surface area contributed by atoms with Crippen molar-refractivity contribution >= 4 is 0 Å². The average Bonchev–Trinajstić information content (AvgIpc) is 2.80. The standard InChI is InChI=1S/C10H20N2/c1-12-6-2-3-9(11)10(12)7-8-4-5-8/h8-10H,2-7,11H2,1H3. The molecule has 0 spiro atoms. The minimum Gasteiger partial charge on any atom is -0.326 e. The predicted octanol–water partition coefficient (Wildman–Crippen LogP) is 1.21. The van der Waals surface area contributed by atoms with E-state index >= 15 is 0 Å². The lowest BCUT2D eigenvalue weighted by Gasteiger charge is -2.37. The Hall–Kier alpha value is -0.0800. The van der Waals surface area contributed by atoms with Gasteiger partial charge in [0.2, 0.25) is 0 Å². The van der Waals surface area contributed by atoms with E-state index in [1.165, 1.54) is 38.6 Å². The van der Waals surface area contributed by atoms with E-state index < -0.39 is 0 Å². The molecule has 0 amide bonds. The maximum atomic E-state index is 6.10. The molecule has 0 aromatic rings. The van der Waals surface area contributed by atoms with Crippen molar-refractivity contribution in [3.8, 4) is 0 Å². The van der Waals surface area contributed by atoms with Crippen molar-refractivity contribution in [1.82, 2.24) is 4.90 Å². The molecule has 2 fully saturated rings. The molecule has 1 aliphatic heterocycles. The van der Waals surface area contributed by atoms with Gasteiger partial charge >= 0.3 is 0 Å². The van der Waals surface area contributed by atoms with Crippen LogP contribution in [0.5, 0.6) is 0 Å². The highest BCUT2D eigenvalue weighted by Gasteiger charge is 2.32. The normalized spacial score (nSPS) is 38.5. The summed E-state index contributed by atoms with van der Waals surface area (Å²) in [4.78, 5) is 2.46. The molecule has 0 radical (unpaired) electrons. The van der Waals surface area contributed by atoms with E-state index in [4.69, 9.17) is 5.73 Å². The third-order valence-electron chi connectivity index (χ3n) is 3.38. The van der Waals surface area contributed by atoms with Crippen LogP contribution in [0.15, 0.2) is 0 Å². The average molecular weight is 168 g/mol. The van der Waals surface area contributed by atoms with E-state index in [9.17, 15) is 0 Å². The van der Waals surface area contributed by atoms with Crippen LogP contribution in [0.3, 0.4) is 0 Å². The highest BCUT2D eigenvalue weighted by molar-refractivity contribution is 4.89. The van der Waals surface area contributed by atoms with Crippen LogP contribution in [-0.2, 0) is 0 Å². The number of piperidine rings is 1. The van der Waals surface area contributed by atoms with Gasteiger partial charge in [0.05, 0.1) is 0 Å². The summed E-state index contributed by atoms with van der Waals surface area (Å²) < 4.78 is 0. The second-order valence-electron chi connectivity index (χ2n) is 4.53. The van der Waals surface area contributed by atoms with Crippen LogP contribution in [0.25, 0.3) is 0 Å². The van der Waals surface area contributed by atoms with Crippen molar-refractivity contribution in [3.05, 3.63) is 0 Å². The zero-order valence-electron chi connectivity index (χ0n) is 8.00. The molecular weight excluding hydrogens is 148 g/mol. The summed E-state index contributed by atoms with van der Waals surface area (Å²) >= 11 is 0.